The molecule has 0 bridgehead atoms. The van der Waals surface area contributed by atoms with Gasteiger partial charge in [0.2, 0.25) is 5.88 Å². The molecule has 0 saturated heterocycles. The molecule has 0 atom stereocenters. The molecule has 0 radical (unpaired) electrons. The van der Waals surface area contributed by atoms with Gasteiger partial charge in [0.05, 0.1) is 6.42 Å². The first-order valence-corrected chi connectivity index (χ1v) is 5.52. The van der Waals surface area contributed by atoms with Crippen LogP contribution in [0.15, 0.2) is 6.07 Å². The van der Waals surface area contributed by atoms with Crippen molar-refractivity contribution >= 4 is 28.6 Å². The number of aromatic nitrogens is 1. The summed E-state index contributed by atoms with van der Waals surface area (Å²) >= 11 is 1.59. The number of ether oxygens (including phenoxy) is 1. The number of carboxylic acid groups (broad SMARTS) is 1. The minimum Gasteiger partial charge on any atom is -0.481 e. The van der Waals surface area contributed by atoms with Crippen LogP contribution in [-0.4, -0.2) is 22.4 Å². The van der Waals surface area contributed by atoms with Crippen LogP contribution in [0.4, 0.5) is 17.6 Å². The van der Waals surface area contributed by atoms with E-state index in [2.05, 4.69) is 9.72 Å². The van der Waals surface area contributed by atoms with Crippen molar-refractivity contribution in [3.8, 4) is 5.88 Å². The number of halogens is 5. The van der Waals surface area contributed by atoms with Gasteiger partial charge in [-0.2, -0.15) is 0 Å². The first-order chi connectivity index (χ1) is 8.23. The molecule has 0 amide bonds. The molecule has 1 N–H and O–H groups in total. The summed E-state index contributed by atoms with van der Waals surface area (Å²) in [7, 11) is 0. The predicted molar refractivity (Wildman–Crippen MR) is 59.8 cm³/mol. The summed E-state index contributed by atoms with van der Waals surface area (Å²) in [6.45, 7) is -1.29. The minimum absolute atomic E-state index is 0.0836. The number of rotatable bonds is 4. The number of carboxylic acids is 1. The highest BCUT2D eigenvalue weighted by molar-refractivity contribution is 14.1. The van der Waals surface area contributed by atoms with Crippen LogP contribution in [-0.2, 0) is 17.9 Å². The number of pyridine rings is 1. The monoisotopic (exact) mass is 379 g/mol. The molecule has 0 fully saturated rings. The molecule has 18 heavy (non-hydrogen) atoms. The molecule has 0 saturated carbocycles. The molecule has 0 spiro atoms. The molecule has 9 heteroatoms. The van der Waals surface area contributed by atoms with Crippen molar-refractivity contribution in [2.75, 3.05) is 0 Å². The number of nitrogens with zero attached hydrogens (tertiary/aromatic N) is 1. The molecular weight excluding hydrogens is 373 g/mol. The molecule has 0 unspecified atom stereocenters. The summed E-state index contributed by atoms with van der Waals surface area (Å²) in [5, 5.41) is 8.59. The van der Waals surface area contributed by atoms with Gasteiger partial charge in [-0.25, -0.2) is 9.37 Å². The van der Waals surface area contributed by atoms with Gasteiger partial charge in [-0.1, -0.05) is 0 Å². The molecule has 1 heterocycles. The van der Waals surface area contributed by atoms with E-state index in [0.29, 0.717) is 0 Å². The second-order valence-corrected chi connectivity index (χ2v) is 4.25. The lowest BCUT2D eigenvalue weighted by molar-refractivity contribution is -0.276. The maximum atomic E-state index is 12.7. The molecule has 0 aliphatic rings. The standard InChI is InChI=1S/C9H6F4INO3/c10-3-5-4(2-7(16)17)1-6(14)15-8(5)18-9(11,12)13/h1H,2-3H2,(H,16,17). The van der Waals surface area contributed by atoms with Gasteiger partial charge < -0.3 is 9.84 Å². The zero-order chi connectivity index (χ0) is 13.9. The summed E-state index contributed by atoms with van der Waals surface area (Å²) in [5.41, 5.74) is -0.598. The normalized spacial score (nSPS) is 11.4. The van der Waals surface area contributed by atoms with E-state index in [1.54, 1.807) is 22.6 Å². The van der Waals surface area contributed by atoms with Gasteiger partial charge in [-0.15, -0.1) is 13.2 Å². The third kappa shape index (κ3) is 4.27. The predicted octanol–water partition coefficient (Wildman–Crippen LogP) is 2.68. The Morgan fingerprint density at radius 1 is 1.50 bits per heavy atom. The van der Waals surface area contributed by atoms with Gasteiger partial charge in [-0.3, -0.25) is 4.79 Å². The molecule has 1 aromatic rings. The van der Waals surface area contributed by atoms with Gasteiger partial charge in [-0.05, 0) is 34.2 Å². The first-order valence-electron chi connectivity index (χ1n) is 4.44. The van der Waals surface area contributed by atoms with E-state index in [-0.39, 0.29) is 9.26 Å². The van der Waals surface area contributed by atoms with Crippen LogP contribution in [0.2, 0.25) is 0 Å². The van der Waals surface area contributed by atoms with Crippen molar-refractivity contribution in [2.45, 2.75) is 19.5 Å². The van der Waals surface area contributed by atoms with E-state index >= 15 is 0 Å². The quantitative estimate of drug-likeness (QED) is 0.497. The molecule has 100 valence electrons. The van der Waals surface area contributed by atoms with E-state index in [1.807, 2.05) is 0 Å². The maximum Gasteiger partial charge on any atom is 0.574 e. The van der Waals surface area contributed by atoms with Crippen molar-refractivity contribution < 1.29 is 32.2 Å². The highest BCUT2D eigenvalue weighted by atomic mass is 127. The lowest BCUT2D eigenvalue weighted by Crippen LogP contribution is -2.20. The largest absolute Gasteiger partial charge is 0.574 e. The van der Waals surface area contributed by atoms with Crippen LogP contribution >= 0.6 is 22.6 Å². The second-order valence-electron chi connectivity index (χ2n) is 3.14. The van der Waals surface area contributed by atoms with Crippen LogP contribution in [0, 0.1) is 3.70 Å². The average molecular weight is 379 g/mol. The number of hydrogen-bond donors (Lipinski definition) is 1. The first kappa shape index (κ1) is 14.9. The lowest BCUT2D eigenvalue weighted by Gasteiger charge is -2.13. The minimum atomic E-state index is -5.01. The summed E-state index contributed by atoms with van der Waals surface area (Å²) in [5.74, 6) is -2.24. The van der Waals surface area contributed by atoms with Crippen molar-refractivity contribution in [1.29, 1.82) is 0 Å². The van der Waals surface area contributed by atoms with E-state index in [9.17, 15) is 22.4 Å². The smallest absolute Gasteiger partial charge is 0.481 e. The summed E-state index contributed by atoms with van der Waals surface area (Å²) < 4.78 is 52.6. The third-order valence-corrected chi connectivity index (χ3v) is 2.39. The highest BCUT2D eigenvalue weighted by Gasteiger charge is 2.33. The zero-order valence-electron chi connectivity index (χ0n) is 8.59. The fourth-order valence-corrected chi connectivity index (χ4v) is 1.82. The van der Waals surface area contributed by atoms with Crippen LogP contribution in [0.5, 0.6) is 5.88 Å². The summed E-state index contributed by atoms with van der Waals surface area (Å²) in [4.78, 5) is 13.9. The molecule has 1 rings (SSSR count). The Bertz CT molecular complexity index is 464. The van der Waals surface area contributed by atoms with Crippen LogP contribution < -0.4 is 4.74 Å². The number of hydrogen-bond acceptors (Lipinski definition) is 3. The molecule has 0 aliphatic carbocycles. The number of carbonyl (C=O) groups is 1. The fraction of sp³-hybridized carbons (Fsp3) is 0.333. The van der Waals surface area contributed by atoms with E-state index in [1.165, 1.54) is 6.07 Å². The van der Waals surface area contributed by atoms with E-state index < -0.39 is 36.9 Å². The Kier molecular flexibility index (Phi) is 4.71. The second kappa shape index (κ2) is 5.67. The SMILES string of the molecule is O=C(O)Cc1cc(I)nc(OC(F)(F)F)c1CF. The van der Waals surface area contributed by atoms with Crippen molar-refractivity contribution in [1.82, 2.24) is 4.98 Å². The number of aliphatic carboxylic acids is 1. The summed E-state index contributed by atoms with van der Waals surface area (Å²) in [6.07, 6.45) is -5.62. The number of alkyl halides is 4. The fourth-order valence-electron chi connectivity index (χ4n) is 1.22. The average Bonchev–Trinajstić information content (AvgIpc) is 2.13. The Morgan fingerprint density at radius 2 is 2.11 bits per heavy atom. The topological polar surface area (TPSA) is 59.4 Å². The van der Waals surface area contributed by atoms with E-state index in [4.69, 9.17) is 5.11 Å². The van der Waals surface area contributed by atoms with Crippen molar-refractivity contribution in [3.63, 3.8) is 0 Å². The van der Waals surface area contributed by atoms with Crippen LogP contribution in [0.1, 0.15) is 11.1 Å². The van der Waals surface area contributed by atoms with Gasteiger partial charge in [0.15, 0.2) is 0 Å². The van der Waals surface area contributed by atoms with Gasteiger partial charge in [0, 0.05) is 5.56 Å². The molecule has 0 aliphatic heterocycles. The molecule has 1 aromatic heterocycles. The Balaban J connectivity index is 3.24. The highest BCUT2D eigenvalue weighted by Crippen LogP contribution is 2.29. The molecule has 0 aromatic carbocycles. The maximum absolute atomic E-state index is 12.7. The van der Waals surface area contributed by atoms with E-state index in [0.717, 1.165) is 0 Å². The lowest BCUT2D eigenvalue weighted by atomic mass is 10.1. The third-order valence-electron chi connectivity index (χ3n) is 1.84. The van der Waals surface area contributed by atoms with Gasteiger partial charge >= 0.3 is 12.3 Å². The zero-order valence-corrected chi connectivity index (χ0v) is 10.7. The Labute approximate surface area is 112 Å². The van der Waals surface area contributed by atoms with Gasteiger partial charge in [0.25, 0.3) is 0 Å². The molecule has 4 nitrogen and oxygen atoms in total. The van der Waals surface area contributed by atoms with Crippen LogP contribution in [0.3, 0.4) is 0 Å². The van der Waals surface area contributed by atoms with Crippen molar-refractivity contribution in [2.24, 2.45) is 0 Å². The summed E-state index contributed by atoms with van der Waals surface area (Å²) in [6, 6.07) is 1.20. The van der Waals surface area contributed by atoms with Crippen LogP contribution in [0.25, 0.3) is 0 Å². The van der Waals surface area contributed by atoms with Gasteiger partial charge in [0.1, 0.15) is 10.4 Å². The molecular formula is C9H6F4INO3. The Hall–Kier alpha value is -1.13. The Morgan fingerprint density at radius 3 is 2.56 bits per heavy atom. The van der Waals surface area contributed by atoms with Crippen molar-refractivity contribution in [3.05, 3.63) is 20.9 Å².